The summed E-state index contributed by atoms with van der Waals surface area (Å²) in [6.45, 7) is 2.17. The molecule has 0 unspecified atom stereocenters. The van der Waals surface area contributed by atoms with Crippen molar-refractivity contribution in [3.63, 3.8) is 0 Å². The Balaban J connectivity index is 1.87. The molecular weight excluding hydrogens is 314 g/mol. The monoisotopic (exact) mass is 329 g/mol. The molecule has 20 heavy (non-hydrogen) atoms. The molecule has 0 atom stereocenters. The zero-order valence-corrected chi connectivity index (χ0v) is 13.4. The van der Waals surface area contributed by atoms with E-state index in [0.29, 0.717) is 11.6 Å². The van der Waals surface area contributed by atoms with Crippen LogP contribution in [0.15, 0.2) is 8.68 Å². The van der Waals surface area contributed by atoms with Crippen LogP contribution in [-0.4, -0.2) is 30.9 Å². The standard InChI is InChI=1S/C10H15N7S3/c1-2-3-4-18-9-16-17-10(20-9)19-5-6-13-7(11)15-8(12)14-6/h2-5H2,1H3,(H4,11,12,13,14,15). The van der Waals surface area contributed by atoms with Crippen LogP contribution in [0.3, 0.4) is 0 Å². The summed E-state index contributed by atoms with van der Waals surface area (Å²) >= 11 is 4.84. The Hall–Kier alpha value is -1.13. The van der Waals surface area contributed by atoms with E-state index in [4.69, 9.17) is 11.5 Å². The van der Waals surface area contributed by atoms with E-state index < -0.39 is 0 Å². The van der Waals surface area contributed by atoms with Gasteiger partial charge in [0.15, 0.2) is 8.68 Å². The van der Waals surface area contributed by atoms with Crippen molar-refractivity contribution in [2.45, 2.75) is 34.2 Å². The second-order valence-electron chi connectivity index (χ2n) is 3.79. The first kappa shape index (κ1) is 15.3. The molecule has 0 saturated carbocycles. The van der Waals surface area contributed by atoms with Crippen molar-refractivity contribution in [2.75, 3.05) is 17.2 Å². The quantitative estimate of drug-likeness (QED) is 0.581. The second kappa shape index (κ2) is 7.60. The fourth-order valence-corrected chi connectivity index (χ4v) is 4.29. The number of nitrogens with two attached hydrogens (primary N) is 2. The molecule has 0 radical (unpaired) electrons. The lowest BCUT2D eigenvalue weighted by Crippen LogP contribution is -2.05. The Bertz CT molecular complexity index is 539. The second-order valence-corrected chi connectivity index (χ2v) is 7.33. The lowest BCUT2D eigenvalue weighted by molar-refractivity contribution is 0.892. The summed E-state index contributed by atoms with van der Waals surface area (Å²) in [6, 6.07) is 0. The first-order valence-electron chi connectivity index (χ1n) is 6.02. The van der Waals surface area contributed by atoms with Crippen molar-refractivity contribution in [2.24, 2.45) is 0 Å². The van der Waals surface area contributed by atoms with Crippen molar-refractivity contribution in [1.29, 1.82) is 0 Å². The maximum atomic E-state index is 5.52. The minimum absolute atomic E-state index is 0.140. The van der Waals surface area contributed by atoms with E-state index in [1.807, 2.05) is 0 Å². The van der Waals surface area contributed by atoms with Crippen molar-refractivity contribution in [3.8, 4) is 0 Å². The zero-order chi connectivity index (χ0) is 14.4. The van der Waals surface area contributed by atoms with Gasteiger partial charge in [-0.1, -0.05) is 48.2 Å². The Morgan fingerprint density at radius 1 is 1.00 bits per heavy atom. The number of hydrogen-bond acceptors (Lipinski definition) is 10. The van der Waals surface area contributed by atoms with Crippen LogP contribution in [0.25, 0.3) is 0 Å². The number of anilines is 2. The predicted octanol–water partition coefficient (Wildman–Crippen LogP) is 2.07. The highest BCUT2D eigenvalue weighted by Crippen LogP contribution is 2.30. The third-order valence-electron chi connectivity index (χ3n) is 2.15. The minimum atomic E-state index is 0.140. The van der Waals surface area contributed by atoms with E-state index in [9.17, 15) is 0 Å². The maximum Gasteiger partial charge on any atom is 0.225 e. The van der Waals surface area contributed by atoms with Gasteiger partial charge in [-0.05, 0) is 6.42 Å². The summed E-state index contributed by atoms with van der Waals surface area (Å²) in [6.07, 6.45) is 2.38. The minimum Gasteiger partial charge on any atom is -0.368 e. The maximum absolute atomic E-state index is 5.52. The lowest BCUT2D eigenvalue weighted by atomic mass is 10.4. The van der Waals surface area contributed by atoms with E-state index >= 15 is 0 Å². The van der Waals surface area contributed by atoms with Crippen LogP contribution in [0.2, 0.25) is 0 Å². The third kappa shape index (κ3) is 4.76. The molecule has 0 fully saturated rings. The number of thioether (sulfide) groups is 2. The summed E-state index contributed by atoms with van der Waals surface area (Å²) in [4.78, 5) is 11.8. The highest BCUT2D eigenvalue weighted by molar-refractivity contribution is 8.02. The Morgan fingerprint density at radius 3 is 2.30 bits per heavy atom. The normalized spacial score (nSPS) is 10.8. The first-order valence-corrected chi connectivity index (χ1v) is 8.81. The molecule has 0 spiro atoms. The van der Waals surface area contributed by atoms with Gasteiger partial charge in [-0.25, -0.2) is 0 Å². The molecule has 0 aliphatic carbocycles. The van der Waals surface area contributed by atoms with Gasteiger partial charge in [0.25, 0.3) is 0 Å². The summed E-state index contributed by atoms with van der Waals surface area (Å²) in [7, 11) is 0. The van der Waals surface area contributed by atoms with Crippen LogP contribution < -0.4 is 11.5 Å². The SMILES string of the molecule is CCCCSc1nnc(SCc2nc(N)nc(N)n2)s1. The van der Waals surface area contributed by atoms with E-state index in [0.717, 1.165) is 14.4 Å². The molecule has 2 aromatic rings. The topological polar surface area (TPSA) is 116 Å². The summed E-state index contributed by atoms with van der Waals surface area (Å²) in [5.74, 6) is 2.46. The van der Waals surface area contributed by atoms with Crippen LogP contribution in [-0.2, 0) is 5.75 Å². The van der Waals surface area contributed by atoms with Crippen molar-refractivity contribution < 1.29 is 0 Å². The van der Waals surface area contributed by atoms with Crippen LogP contribution in [0.4, 0.5) is 11.9 Å². The molecule has 0 aliphatic heterocycles. The predicted molar refractivity (Wildman–Crippen MR) is 83.8 cm³/mol. The smallest absolute Gasteiger partial charge is 0.225 e. The molecule has 2 heterocycles. The molecule has 4 N–H and O–H groups in total. The molecule has 108 valence electrons. The molecular formula is C10H15N7S3. The van der Waals surface area contributed by atoms with Crippen LogP contribution >= 0.6 is 34.9 Å². The van der Waals surface area contributed by atoms with Crippen LogP contribution in [0.1, 0.15) is 25.6 Å². The fourth-order valence-electron chi connectivity index (χ4n) is 1.27. The van der Waals surface area contributed by atoms with Crippen molar-refractivity contribution in [3.05, 3.63) is 5.82 Å². The number of rotatable bonds is 7. The Labute approximate surface area is 129 Å². The Morgan fingerprint density at radius 2 is 1.65 bits per heavy atom. The highest BCUT2D eigenvalue weighted by Gasteiger charge is 2.08. The van der Waals surface area contributed by atoms with Crippen molar-refractivity contribution in [1.82, 2.24) is 25.1 Å². The van der Waals surface area contributed by atoms with Crippen LogP contribution in [0.5, 0.6) is 0 Å². The van der Waals surface area contributed by atoms with Gasteiger partial charge in [-0.15, -0.1) is 10.2 Å². The molecule has 0 saturated heterocycles. The van der Waals surface area contributed by atoms with Gasteiger partial charge in [-0.2, -0.15) is 15.0 Å². The molecule has 0 amide bonds. The first-order chi connectivity index (χ1) is 9.67. The van der Waals surface area contributed by atoms with Gasteiger partial charge in [0.1, 0.15) is 5.82 Å². The molecule has 2 aromatic heterocycles. The average Bonchev–Trinajstić information content (AvgIpc) is 2.84. The van der Waals surface area contributed by atoms with E-state index in [-0.39, 0.29) is 11.9 Å². The van der Waals surface area contributed by atoms with E-state index in [1.165, 1.54) is 24.6 Å². The molecule has 2 rings (SSSR count). The summed E-state index contributed by atoms with van der Waals surface area (Å²) in [5, 5.41) is 8.28. The number of unbranched alkanes of at least 4 members (excludes halogenated alkanes) is 1. The van der Waals surface area contributed by atoms with E-state index in [2.05, 4.69) is 32.1 Å². The zero-order valence-electron chi connectivity index (χ0n) is 10.9. The highest BCUT2D eigenvalue weighted by atomic mass is 32.2. The largest absolute Gasteiger partial charge is 0.368 e. The number of hydrogen-bond donors (Lipinski definition) is 2. The van der Waals surface area contributed by atoms with E-state index in [1.54, 1.807) is 23.1 Å². The molecule has 10 heteroatoms. The molecule has 0 bridgehead atoms. The number of nitrogens with zero attached hydrogens (tertiary/aromatic N) is 5. The van der Waals surface area contributed by atoms with Crippen LogP contribution in [0, 0.1) is 0 Å². The average molecular weight is 329 g/mol. The van der Waals surface area contributed by atoms with Gasteiger partial charge in [-0.3, -0.25) is 0 Å². The van der Waals surface area contributed by atoms with Gasteiger partial charge >= 0.3 is 0 Å². The summed E-state index contributed by atoms with van der Waals surface area (Å²) in [5.41, 5.74) is 11.0. The number of aromatic nitrogens is 5. The van der Waals surface area contributed by atoms with Gasteiger partial charge in [0.2, 0.25) is 11.9 Å². The Kier molecular flexibility index (Phi) is 5.80. The fraction of sp³-hybridized carbons (Fsp3) is 0.500. The molecule has 0 aromatic carbocycles. The third-order valence-corrected chi connectivity index (χ3v) is 5.42. The summed E-state index contributed by atoms with van der Waals surface area (Å²) < 4.78 is 1.89. The lowest BCUT2D eigenvalue weighted by Gasteiger charge is -1.99. The van der Waals surface area contributed by atoms with Gasteiger partial charge in [0, 0.05) is 5.75 Å². The number of nitrogen functional groups attached to an aromatic ring is 2. The molecule has 7 nitrogen and oxygen atoms in total. The van der Waals surface area contributed by atoms with Crippen molar-refractivity contribution >= 4 is 46.8 Å². The van der Waals surface area contributed by atoms with Gasteiger partial charge < -0.3 is 11.5 Å². The van der Waals surface area contributed by atoms with Gasteiger partial charge in [0.05, 0.1) is 5.75 Å². The molecule has 0 aliphatic rings.